The first kappa shape index (κ1) is 15.5. The Kier molecular flexibility index (Phi) is 5.91. The van der Waals surface area contributed by atoms with Crippen molar-refractivity contribution in [1.82, 2.24) is 5.32 Å². The quantitative estimate of drug-likeness (QED) is 0.661. The van der Waals surface area contributed by atoms with Crippen molar-refractivity contribution < 1.29 is 0 Å². The van der Waals surface area contributed by atoms with Crippen LogP contribution in [0.1, 0.15) is 55.2 Å². The number of thiophene rings is 1. The maximum atomic E-state index is 3.71. The molecular weight excluding hydrogens is 318 g/mol. The number of aryl methyl sites for hydroxylation is 2. The molecule has 1 saturated carbocycles. The first-order valence-electron chi connectivity index (χ1n) is 7.61. The molecule has 1 nitrogen and oxygen atoms in total. The summed E-state index contributed by atoms with van der Waals surface area (Å²) < 4.78 is 1.33. The summed E-state index contributed by atoms with van der Waals surface area (Å²) in [5.74, 6) is 0. The molecule has 0 radical (unpaired) electrons. The SMILES string of the molecule is CCNCCC1(CCc2sc(C)cc2Br)CCCC1. The zero-order valence-corrected chi connectivity index (χ0v) is 14.6. The molecule has 19 heavy (non-hydrogen) atoms. The molecule has 1 fully saturated rings. The third-order valence-electron chi connectivity index (χ3n) is 4.51. The molecule has 0 saturated heterocycles. The van der Waals surface area contributed by atoms with Gasteiger partial charge in [-0.3, -0.25) is 0 Å². The molecule has 2 rings (SSSR count). The largest absolute Gasteiger partial charge is 0.317 e. The molecule has 1 aliphatic carbocycles. The third-order valence-corrected chi connectivity index (χ3v) is 6.59. The lowest BCUT2D eigenvalue weighted by Gasteiger charge is -2.29. The van der Waals surface area contributed by atoms with E-state index >= 15 is 0 Å². The van der Waals surface area contributed by atoms with E-state index in [0.717, 1.165) is 6.54 Å². The molecular formula is C16H26BrNS. The Balaban J connectivity index is 1.91. The molecule has 0 amide bonds. The highest BCUT2D eigenvalue weighted by Crippen LogP contribution is 2.45. The smallest absolute Gasteiger partial charge is 0.0317 e. The molecule has 0 spiro atoms. The molecule has 1 heterocycles. The molecule has 1 N–H and O–H groups in total. The van der Waals surface area contributed by atoms with Crippen LogP contribution in [0.5, 0.6) is 0 Å². The summed E-state index contributed by atoms with van der Waals surface area (Å²) in [7, 11) is 0. The molecule has 0 bridgehead atoms. The number of nitrogens with one attached hydrogen (secondary N) is 1. The molecule has 0 atom stereocenters. The second-order valence-electron chi connectivity index (χ2n) is 5.94. The molecule has 1 aromatic heterocycles. The van der Waals surface area contributed by atoms with Crippen molar-refractivity contribution in [2.75, 3.05) is 13.1 Å². The van der Waals surface area contributed by atoms with Gasteiger partial charge in [0.2, 0.25) is 0 Å². The van der Waals surface area contributed by atoms with Crippen LogP contribution in [0.4, 0.5) is 0 Å². The monoisotopic (exact) mass is 343 g/mol. The lowest BCUT2D eigenvalue weighted by Crippen LogP contribution is -2.25. The molecule has 1 aliphatic rings. The maximum Gasteiger partial charge on any atom is 0.0317 e. The lowest BCUT2D eigenvalue weighted by atomic mass is 9.78. The van der Waals surface area contributed by atoms with E-state index in [1.165, 1.54) is 60.8 Å². The predicted molar refractivity (Wildman–Crippen MR) is 89.1 cm³/mol. The summed E-state index contributed by atoms with van der Waals surface area (Å²) in [5.41, 5.74) is 0.625. The zero-order valence-electron chi connectivity index (χ0n) is 12.2. The minimum Gasteiger partial charge on any atom is -0.317 e. The van der Waals surface area contributed by atoms with Crippen LogP contribution in [0, 0.1) is 12.3 Å². The average molecular weight is 344 g/mol. The van der Waals surface area contributed by atoms with Gasteiger partial charge in [-0.15, -0.1) is 11.3 Å². The first-order chi connectivity index (χ1) is 9.15. The highest BCUT2D eigenvalue weighted by molar-refractivity contribution is 9.10. The van der Waals surface area contributed by atoms with Crippen molar-refractivity contribution in [3.05, 3.63) is 20.3 Å². The van der Waals surface area contributed by atoms with E-state index < -0.39 is 0 Å². The summed E-state index contributed by atoms with van der Waals surface area (Å²) in [6.45, 7) is 6.70. The van der Waals surface area contributed by atoms with Crippen LogP contribution in [0.25, 0.3) is 0 Å². The van der Waals surface area contributed by atoms with Gasteiger partial charge < -0.3 is 5.32 Å². The van der Waals surface area contributed by atoms with Gasteiger partial charge in [0.05, 0.1) is 0 Å². The van der Waals surface area contributed by atoms with Gasteiger partial charge in [0.25, 0.3) is 0 Å². The molecule has 108 valence electrons. The fourth-order valence-electron chi connectivity index (χ4n) is 3.36. The van der Waals surface area contributed by atoms with Crippen molar-refractivity contribution in [2.24, 2.45) is 5.41 Å². The Morgan fingerprint density at radius 1 is 1.32 bits per heavy atom. The molecule has 3 heteroatoms. The van der Waals surface area contributed by atoms with Gasteiger partial charge in [-0.1, -0.05) is 19.8 Å². The van der Waals surface area contributed by atoms with Gasteiger partial charge >= 0.3 is 0 Å². The highest BCUT2D eigenvalue weighted by Gasteiger charge is 2.32. The summed E-state index contributed by atoms with van der Waals surface area (Å²) in [4.78, 5) is 2.97. The van der Waals surface area contributed by atoms with Crippen LogP contribution in [0.2, 0.25) is 0 Å². The Morgan fingerprint density at radius 3 is 2.63 bits per heavy atom. The van der Waals surface area contributed by atoms with E-state index in [9.17, 15) is 0 Å². The van der Waals surface area contributed by atoms with Gasteiger partial charge in [-0.05, 0) is 79.5 Å². The van der Waals surface area contributed by atoms with Crippen molar-refractivity contribution in [2.45, 2.75) is 58.8 Å². The molecule has 0 unspecified atom stereocenters. The van der Waals surface area contributed by atoms with Gasteiger partial charge in [0.15, 0.2) is 0 Å². The van der Waals surface area contributed by atoms with Crippen molar-refractivity contribution in [3.8, 4) is 0 Å². The van der Waals surface area contributed by atoms with Gasteiger partial charge in [0, 0.05) is 14.2 Å². The van der Waals surface area contributed by atoms with E-state index in [2.05, 4.69) is 41.2 Å². The van der Waals surface area contributed by atoms with E-state index in [4.69, 9.17) is 0 Å². The van der Waals surface area contributed by atoms with Crippen molar-refractivity contribution in [3.63, 3.8) is 0 Å². The van der Waals surface area contributed by atoms with Crippen LogP contribution < -0.4 is 5.32 Å². The Labute approximate surface area is 130 Å². The zero-order chi connectivity index (χ0) is 13.7. The summed E-state index contributed by atoms with van der Waals surface area (Å²) in [6.07, 6.45) is 9.76. The van der Waals surface area contributed by atoms with Crippen LogP contribution in [0.3, 0.4) is 0 Å². The van der Waals surface area contributed by atoms with Crippen LogP contribution >= 0.6 is 27.3 Å². The summed E-state index contributed by atoms with van der Waals surface area (Å²) >= 11 is 5.67. The average Bonchev–Trinajstić information content (AvgIpc) is 2.95. The summed E-state index contributed by atoms with van der Waals surface area (Å²) in [6, 6.07) is 2.26. The topological polar surface area (TPSA) is 12.0 Å². The van der Waals surface area contributed by atoms with E-state index in [1.54, 1.807) is 4.88 Å². The van der Waals surface area contributed by atoms with Crippen LogP contribution in [-0.2, 0) is 6.42 Å². The Morgan fingerprint density at radius 2 is 2.05 bits per heavy atom. The predicted octanol–water partition coefficient (Wildman–Crippen LogP) is 5.31. The normalized spacial score (nSPS) is 18.1. The minimum absolute atomic E-state index is 0.625. The highest BCUT2D eigenvalue weighted by atomic mass is 79.9. The minimum atomic E-state index is 0.625. The van der Waals surface area contributed by atoms with E-state index in [-0.39, 0.29) is 0 Å². The van der Waals surface area contributed by atoms with E-state index in [0.29, 0.717) is 5.41 Å². The fraction of sp³-hybridized carbons (Fsp3) is 0.750. The number of halogens is 1. The lowest BCUT2D eigenvalue weighted by molar-refractivity contribution is 0.246. The number of hydrogen-bond donors (Lipinski definition) is 1. The van der Waals surface area contributed by atoms with Gasteiger partial charge in [0.1, 0.15) is 0 Å². The van der Waals surface area contributed by atoms with Gasteiger partial charge in [-0.2, -0.15) is 0 Å². The third kappa shape index (κ3) is 4.30. The van der Waals surface area contributed by atoms with Crippen LogP contribution in [0.15, 0.2) is 10.5 Å². The molecule has 0 aromatic carbocycles. The maximum absolute atomic E-state index is 3.71. The number of hydrogen-bond acceptors (Lipinski definition) is 2. The molecule has 1 aromatic rings. The summed E-state index contributed by atoms with van der Waals surface area (Å²) in [5, 5.41) is 3.51. The van der Waals surface area contributed by atoms with Crippen LogP contribution in [-0.4, -0.2) is 13.1 Å². The fourth-order valence-corrected chi connectivity index (χ4v) is 5.22. The number of rotatable bonds is 7. The standard InChI is InChI=1S/C16H26BrNS/c1-3-18-11-10-16(7-4-5-8-16)9-6-15-14(17)12-13(2)19-15/h12,18H,3-11H2,1-2H3. The van der Waals surface area contributed by atoms with Crippen molar-refractivity contribution >= 4 is 27.3 Å². The second kappa shape index (κ2) is 7.24. The molecule has 0 aliphatic heterocycles. The van der Waals surface area contributed by atoms with Gasteiger partial charge in [-0.25, -0.2) is 0 Å². The first-order valence-corrected chi connectivity index (χ1v) is 9.22. The Bertz CT molecular complexity index is 393. The Hall–Kier alpha value is 0.140. The second-order valence-corrected chi connectivity index (χ2v) is 8.13. The van der Waals surface area contributed by atoms with E-state index in [1.807, 2.05) is 11.3 Å². The van der Waals surface area contributed by atoms with Crippen molar-refractivity contribution in [1.29, 1.82) is 0 Å².